The summed E-state index contributed by atoms with van der Waals surface area (Å²) in [6, 6.07) is 9.82. The lowest BCUT2D eigenvalue weighted by atomic mass is 9.86. The molecule has 0 aliphatic carbocycles. The molecule has 1 aromatic rings. The van der Waals surface area contributed by atoms with E-state index in [0.717, 1.165) is 19.0 Å². The van der Waals surface area contributed by atoms with Gasteiger partial charge in [-0.3, -0.25) is 4.90 Å². The first-order chi connectivity index (χ1) is 11.7. The summed E-state index contributed by atoms with van der Waals surface area (Å²) >= 11 is 0. The van der Waals surface area contributed by atoms with Gasteiger partial charge in [-0.05, 0) is 52.5 Å². The maximum absolute atomic E-state index is 4.61. The van der Waals surface area contributed by atoms with Crippen molar-refractivity contribution in [3.63, 3.8) is 0 Å². The number of hydrogen-bond acceptors (Lipinski definition) is 2. The third-order valence-electron chi connectivity index (χ3n) is 6.35. The van der Waals surface area contributed by atoms with Gasteiger partial charge in [-0.25, -0.2) is 0 Å². The number of likely N-dealkylation sites (tertiary alicyclic amines) is 2. The van der Waals surface area contributed by atoms with Crippen LogP contribution in [0.1, 0.15) is 58.1 Å². The summed E-state index contributed by atoms with van der Waals surface area (Å²) in [6.45, 7) is 22.0. The summed E-state index contributed by atoms with van der Waals surface area (Å²) in [6.07, 6.45) is 1.30. The summed E-state index contributed by atoms with van der Waals surface area (Å²) in [5, 5.41) is 0. The summed E-state index contributed by atoms with van der Waals surface area (Å²) in [4.78, 5) is 5.25. The van der Waals surface area contributed by atoms with Crippen LogP contribution in [0.5, 0.6) is 0 Å². The minimum absolute atomic E-state index is 0.210. The molecule has 0 radical (unpaired) electrons. The van der Waals surface area contributed by atoms with Crippen LogP contribution in [0.4, 0.5) is 0 Å². The fraction of sp³-hybridized carbons (Fsp3) is 0.652. The topological polar surface area (TPSA) is 6.48 Å². The second kappa shape index (κ2) is 6.79. The number of hydrogen-bond donors (Lipinski definition) is 0. The Morgan fingerprint density at radius 2 is 1.68 bits per heavy atom. The van der Waals surface area contributed by atoms with Crippen LogP contribution in [0.2, 0.25) is 0 Å². The fourth-order valence-corrected chi connectivity index (χ4v) is 4.75. The van der Waals surface area contributed by atoms with Gasteiger partial charge in [0.2, 0.25) is 0 Å². The van der Waals surface area contributed by atoms with E-state index >= 15 is 0 Å². The molecule has 0 spiro atoms. The smallest absolute Gasteiger partial charge is 0.0261 e. The monoisotopic (exact) mass is 340 g/mol. The van der Waals surface area contributed by atoms with Gasteiger partial charge < -0.3 is 4.90 Å². The first kappa shape index (κ1) is 18.5. The Hall–Kier alpha value is -1.28. The van der Waals surface area contributed by atoms with E-state index in [9.17, 15) is 0 Å². The summed E-state index contributed by atoms with van der Waals surface area (Å²) in [5.41, 5.74) is 4.39. The van der Waals surface area contributed by atoms with E-state index in [2.05, 4.69) is 82.2 Å². The lowest BCUT2D eigenvalue weighted by Gasteiger charge is -2.34. The Morgan fingerprint density at radius 1 is 1.04 bits per heavy atom. The van der Waals surface area contributed by atoms with Crippen molar-refractivity contribution in [2.75, 3.05) is 19.6 Å². The van der Waals surface area contributed by atoms with Crippen molar-refractivity contribution >= 4 is 0 Å². The van der Waals surface area contributed by atoms with Crippen LogP contribution in [0.3, 0.4) is 0 Å². The highest BCUT2D eigenvalue weighted by atomic mass is 15.2. The summed E-state index contributed by atoms with van der Waals surface area (Å²) in [5.74, 6) is 1.86. The Bertz CT molecular complexity index is 610. The quantitative estimate of drug-likeness (QED) is 0.759. The number of nitrogens with zero attached hydrogens (tertiary/aromatic N) is 2. The van der Waals surface area contributed by atoms with Crippen LogP contribution in [-0.2, 0) is 0 Å². The predicted molar refractivity (Wildman–Crippen MR) is 108 cm³/mol. The van der Waals surface area contributed by atoms with E-state index in [-0.39, 0.29) is 5.54 Å². The summed E-state index contributed by atoms with van der Waals surface area (Å²) in [7, 11) is 0. The molecule has 0 aromatic heterocycles. The minimum atomic E-state index is 0.210. The van der Waals surface area contributed by atoms with E-state index < -0.39 is 0 Å². The lowest BCUT2D eigenvalue weighted by molar-refractivity contribution is 0.166. The van der Waals surface area contributed by atoms with Crippen molar-refractivity contribution in [2.45, 2.75) is 65.5 Å². The van der Waals surface area contributed by atoms with Crippen molar-refractivity contribution in [3.8, 4) is 0 Å². The molecule has 0 bridgehead atoms. The SMILES string of the molecule is C=C(C1CN(C(C)(C)C)C[C@H]1c1ccc(C)cc1)N1CC(C)CC1C. The molecule has 0 saturated carbocycles. The van der Waals surface area contributed by atoms with Crippen LogP contribution >= 0.6 is 0 Å². The van der Waals surface area contributed by atoms with Crippen LogP contribution in [0.15, 0.2) is 36.5 Å². The predicted octanol–water partition coefficient (Wildman–Crippen LogP) is 5.05. The van der Waals surface area contributed by atoms with Gasteiger partial charge in [-0.1, -0.05) is 43.3 Å². The second-order valence-corrected chi connectivity index (χ2v) is 9.53. The molecular formula is C23H36N2. The molecule has 0 amide bonds. The van der Waals surface area contributed by atoms with Crippen LogP contribution in [-0.4, -0.2) is 41.0 Å². The van der Waals surface area contributed by atoms with Gasteiger partial charge in [0.25, 0.3) is 0 Å². The number of aryl methyl sites for hydroxylation is 1. The Balaban J connectivity index is 1.87. The first-order valence-corrected chi connectivity index (χ1v) is 9.94. The highest BCUT2D eigenvalue weighted by molar-refractivity contribution is 5.29. The van der Waals surface area contributed by atoms with E-state index in [1.165, 1.54) is 29.8 Å². The molecule has 2 heteroatoms. The van der Waals surface area contributed by atoms with Crippen LogP contribution in [0.25, 0.3) is 0 Å². The minimum Gasteiger partial charge on any atom is -0.372 e. The van der Waals surface area contributed by atoms with Gasteiger partial charge in [-0.2, -0.15) is 0 Å². The van der Waals surface area contributed by atoms with Gasteiger partial charge in [0.05, 0.1) is 0 Å². The van der Waals surface area contributed by atoms with E-state index in [1.54, 1.807) is 0 Å². The zero-order valence-corrected chi connectivity index (χ0v) is 17.0. The molecule has 2 saturated heterocycles. The fourth-order valence-electron chi connectivity index (χ4n) is 4.75. The van der Waals surface area contributed by atoms with E-state index in [0.29, 0.717) is 17.9 Å². The van der Waals surface area contributed by atoms with Crippen molar-refractivity contribution in [2.24, 2.45) is 11.8 Å². The first-order valence-electron chi connectivity index (χ1n) is 9.94. The molecular weight excluding hydrogens is 304 g/mol. The molecule has 3 rings (SSSR count). The lowest BCUT2D eigenvalue weighted by Crippen LogP contribution is -2.40. The largest absolute Gasteiger partial charge is 0.372 e. The maximum atomic E-state index is 4.61. The molecule has 25 heavy (non-hydrogen) atoms. The average molecular weight is 341 g/mol. The zero-order chi connectivity index (χ0) is 18.4. The maximum Gasteiger partial charge on any atom is 0.0261 e. The molecule has 2 nitrogen and oxygen atoms in total. The summed E-state index contributed by atoms with van der Waals surface area (Å²) < 4.78 is 0. The van der Waals surface area contributed by atoms with E-state index in [1.807, 2.05) is 0 Å². The van der Waals surface area contributed by atoms with E-state index in [4.69, 9.17) is 0 Å². The highest BCUT2D eigenvalue weighted by Crippen LogP contribution is 2.42. The van der Waals surface area contributed by atoms with Crippen molar-refractivity contribution in [1.82, 2.24) is 9.80 Å². The van der Waals surface area contributed by atoms with Gasteiger partial charge in [0.15, 0.2) is 0 Å². The molecule has 1 aromatic carbocycles. The Morgan fingerprint density at radius 3 is 2.20 bits per heavy atom. The normalized spacial score (nSPS) is 30.9. The second-order valence-electron chi connectivity index (χ2n) is 9.53. The van der Waals surface area contributed by atoms with Gasteiger partial charge >= 0.3 is 0 Å². The highest BCUT2D eigenvalue weighted by Gasteiger charge is 2.42. The molecule has 2 aliphatic rings. The third-order valence-corrected chi connectivity index (χ3v) is 6.35. The molecule has 0 N–H and O–H groups in total. The van der Waals surface area contributed by atoms with Gasteiger partial charge in [0.1, 0.15) is 0 Å². The molecule has 3 unspecified atom stereocenters. The molecule has 4 atom stereocenters. The standard InChI is InChI=1S/C23H36N2/c1-16-8-10-20(11-9-16)22-15-24(23(5,6)7)14-21(22)19(4)25-13-17(2)12-18(25)3/h8-11,17-18,21-22H,4,12-15H2,1-3,5-7H3/t17?,18?,21?,22-/m0/s1. The molecule has 2 heterocycles. The molecule has 2 aliphatic heterocycles. The van der Waals surface area contributed by atoms with Crippen molar-refractivity contribution in [3.05, 3.63) is 47.7 Å². The zero-order valence-electron chi connectivity index (χ0n) is 17.0. The molecule has 138 valence electrons. The Kier molecular flexibility index (Phi) is 5.03. The van der Waals surface area contributed by atoms with Crippen LogP contribution in [0, 0.1) is 18.8 Å². The third kappa shape index (κ3) is 3.79. The van der Waals surface area contributed by atoms with Crippen LogP contribution < -0.4 is 0 Å². The van der Waals surface area contributed by atoms with Crippen molar-refractivity contribution < 1.29 is 0 Å². The van der Waals surface area contributed by atoms with Crippen molar-refractivity contribution in [1.29, 1.82) is 0 Å². The number of benzene rings is 1. The average Bonchev–Trinajstić information content (AvgIpc) is 3.11. The van der Waals surface area contributed by atoms with Gasteiger partial charge in [-0.15, -0.1) is 0 Å². The number of rotatable bonds is 3. The van der Waals surface area contributed by atoms with Gasteiger partial charge in [0, 0.05) is 48.7 Å². The Labute approximate surface area is 154 Å². The molecule has 2 fully saturated rings.